The number of benzene rings is 3. The minimum absolute atomic E-state index is 0.102. The Hall–Kier alpha value is -4.52. The molecule has 2 atom stereocenters. The van der Waals surface area contributed by atoms with Crippen LogP contribution in [0.1, 0.15) is 29.2 Å². The van der Waals surface area contributed by atoms with Crippen LogP contribution in [0.5, 0.6) is 0 Å². The van der Waals surface area contributed by atoms with E-state index in [1.807, 2.05) is 97.9 Å². The molecule has 0 spiro atoms. The van der Waals surface area contributed by atoms with Gasteiger partial charge in [0.1, 0.15) is 5.92 Å². The molecule has 172 valence electrons. The third-order valence-electron chi connectivity index (χ3n) is 6.62. The summed E-state index contributed by atoms with van der Waals surface area (Å²) in [6.07, 6.45) is 0.463. The van der Waals surface area contributed by atoms with Crippen LogP contribution in [0.4, 0.5) is 5.69 Å². The molecule has 4 aromatic rings. The van der Waals surface area contributed by atoms with Crippen LogP contribution >= 0.6 is 0 Å². The van der Waals surface area contributed by atoms with Crippen molar-refractivity contribution in [1.82, 2.24) is 9.78 Å². The first-order valence-corrected chi connectivity index (χ1v) is 11.6. The maximum absolute atomic E-state index is 13.6. The lowest BCUT2D eigenvalue weighted by atomic mass is 9.78. The van der Waals surface area contributed by atoms with Crippen LogP contribution in [-0.4, -0.2) is 27.2 Å². The van der Waals surface area contributed by atoms with Gasteiger partial charge in [0, 0.05) is 11.6 Å². The third kappa shape index (κ3) is 3.52. The summed E-state index contributed by atoms with van der Waals surface area (Å²) in [5, 5.41) is 9.26. The molecule has 6 rings (SSSR count). The fourth-order valence-electron chi connectivity index (χ4n) is 4.98. The maximum Gasteiger partial charge on any atom is 0.280 e. The number of hydrogen-bond donors (Lipinski definition) is 1. The Morgan fingerprint density at radius 2 is 1.43 bits per heavy atom. The summed E-state index contributed by atoms with van der Waals surface area (Å²) >= 11 is 0. The topological polar surface area (TPSA) is 82.8 Å². The maximum atomic E-state index is 13.6. The van der Waals surface area contributed by atoms with Gasteiger partial charge >= 0.3 is 0 Å². The molecule has 2 aliphatic heterocycles. The van der Waals surface area contributed by atoms with Crippen molar-refractivity contribution < 1.29 is 4.79 Å². The number of carbonyl (C=O) groups excluding carboxylic acids is 1. The summed E-state index contributed by atoms with van der Waals surface area (Å²) in [5.74, 6) is -0.338. The highest BCUT2D eigenvalue weighted by molar-refractivity contribution is 6.22. The Balaban J connectivity index is 1.49. The Kier molecular flexibility index (Phi) is 5.03. The molecule has 1 amide bonds. The molecule has 7 heteroatoms. The average molecular weight is 462 g/mol. The highest BCUT2D eigenvalue weighted by atomic mass is 16.2. The number of amides is 1. The predicted molar refractivity (Wildman–Crippen MR) is 136 cm³/mol. The van der Waals surface area contributed by atoms with Gasteiger partial charge in [-0.15, -0.1) is 5.10 Å². The molecule has 0 saturated heterocycles. The van der Waals surface area contributed by atoms with Gasteiger partial charge in [-0.05, 0) is 43.2 Å². The molecule has 3 aromatic carbocycles. The number of nitrogens with one attached hydrogen (secondary N) is 1. The van der Waals surface area contributed by atoms with Crippen molar-refractivity contribution in [1.29, 1.82) is 0 Å². The van der Waals surface area contributed by atoms with Crippen molar-refractivity contribution in [2.24, 2.45) is 16.0 Å². The van der Waals surface area contributed by atoms with E-state index in [0.717, 1.165) is 16.9 Å². The second-order valence-corrected chi connectivity index (χ2v) is 8.79. The standard InChI is InChI=1S/C28H23N5O2/c1-18-24(27(34)32(30-18)20-13-7-3-8-14-20)23-17-22(19-11-5-2-6-12-19)25-26(29-23)31-33(28(25)35)21-15-9-4-10-16-21/h2-16,22,25,30H,17H2,1H3. The van der Waals surface area contributed by atoms with Gasteiger partial charge < -0.3 is 0 Å². The van der Waals surface area contributed by atoms with Gasteiger partial charge in [-0.25, -0.2) is 9.67 Å². The van der Waals surface area contributed by atoms with E-state index in [4.69, 9.17) is 4.99 Å². The van der Waals surface area contributed by atoms with Crippen molar-refractivity contribution in [2.45, 2.75) is 19.3 Å². The highest BCUT2D eigenvalue weighted by Crippen LogP contribution is 2.40. The SMILES string of the molecule is Cc1[nH]n(-c2ccccc2)c(=O)c1C1=NC2=NN(c3ccccc3)C(=O)C2C(c2ccccc2)C1. The van der Waals surface area contributed by atoms with E-state index in [-0.39, 0.29) is 17.4 Å². The quantitative estimate of drug-likeness (QED) is 0.488. The Morgan fingerprint density at radius 3 is 2.09 bits per heavy atom. The zero-order valence-corrected chi connectivity index (χ0v) is 19.1. The molecule has 3 heterocycles. The van der Waals surface area contributed by atoms with E-state index in [0.29, 0.717) is 29.2 Å². The van der Waals surface area contributed by atoms with Gasteiger partial charge in [-0.2, -0.15) is 5.01 Å². The molecule has 0 radical (unpaired) electrons. The molecule has 2 aliphatic rings. The number of hydrazone groups is 1. The van der Waals surface area contributed by atoms with Crippen molar-refractivity contribution in [2.75, 3.05) is 5.01 Å². The molecule has 0 aliphatic carbocycles. The zero-order chi connectivity index (χ0) is 23.9. The van der Waals surface area contributed by atoms with Crippen LogP contribution in [0, 0.1) is 12.8 Å². The summed E-state index contributed by atoms with van der Waals surface area (Å²) in [7, 11) is 0. The molecule has 1 N–H and O–H groups in total. The summed E-state index contributed by atoms with van der Waals surface area (Å²) in [5.41, 5.74) is 4.22. The second kappa shape index (κ2) is 8.36. The Morgan fingerprint density at radius 1 is 0.829 bits per heavy atom. The first kappa shape index (κ1) is 21.0. The smallest absolute Gasteiger partial charge is 0.280 e. The number of fused-ring (bicyclic) bond motifs is 1. The number of aromatic nitrogens is 2. The van der Waals surface area contributed by atoms with Crippen LogP contribution in [0.15, 0.2) is 106 Å². The van der Waals surface area contributed by atoms with E-state index in [9.17, 15) is 9.59 Å². The van der Waals surface area contributed by atoms with E-state index < -0.39 is 5.92 Å². The van der Waals surface area contributed by atoms with Gasteiger partial charge in [-0.3, -0.25) is 14.7 Å². The lowest BCUT2D eigenvalue weighted by Gasteiger charge is -2.27. The van der Waals surface area contributed by atoms with Crippen molar-refractivity contribution >= 4 is 23.1 Å². The largest absolute Gasteiger partial charge is 0.295 e. The molecule has 0 saturated carbocycles. The fraction of sp³-hybridized carbons (Fsp3) is 0.143. The summed E-state index contributed by atoms with van der Waals surface area (Å²) in [6.45, 7) is 1.88. The number of carbonyl (C=O) groups is 1. The van der Waals surface area contributed by atoms with Crippen molar-refractivity contribution in [3.8, 4) is 5.69 Å². The Labute approximate surface area is 202 Å². The molecule has 0 bridgehead atoms. The number of amidine groups is 1. The number of aliphatic imine (C=N–C) groups is 1. The molecule has 0 fully saturated rings. The lowest BCUT2D eigenvalue weighted by Crippen LogP contribution is -2.36. The van der Waals surface area contributed by atoms with Crippen LogP contribution in [-0.2, 0) is 4.79 Å². The van der Waals surface area contributed by atoms with Crippen LogP contribution in [0.2, 0.25) is 0 Å². The minimum atomic E-state index is -0.503. The number of hydrogen-bond acceptors (Lipinski definition) is 4. The minimum Gasteiger partial charge on any atom is -0.295 e. The monoisotopic (exact) mass is 461 g/mol. The lowest BCUT2D eigenvalue weighted by molar-refractivity contribution is -0.120. The summed E-state index contributed by atoms with van der Waals surface area (Å²) in [4.78, 5) is 31.9. The zero-order valence-electron chi connectivity index (χ0n) is 19.1. The van der Waals surface area contributed by atoms with Crippen LogP contribution < -0.4 is 10.6 Å². The molecule has 7 nitrogen and oxygen atoms in total. The molecule has 35 heavy (non-hydrogen) atoms. The van der Waals surface area contributed by atoms with Gasteiger partial charge in [0.2, 0.25) is 0 Å². The highest BCUT2D eigenvalue weighted by Gasteiger charge is 2.46. The Bertz CT molecular complexity index is 1520. The van der Waals surface area contributed by atoms with Gasteiger partial charge in [0.05, 0.1) is 22.6 Å². The number of aryl methyl sites for hydroxylation is 1. The number of aromatic amines is 1. The van der Waals surface area contributed by atoms with Gasteiger partial charge in [0.25, 0.3) is 11.5 Å². The first-order valence-electron chi connectivity index (χ1n) is 11.6. The molecular formula is C28H23N5O2. The van der Waals surface area contributed by atoms with E-state index in [1.165, 1.54) is 9.69 Å². The number of H-pyrrole nitrogens is 1. The molecule has 1 aromatic heterocycles. The fourth-order valence-corrected chi connectivity index (χ4v) is 4.98. The first-order chi connectivity index (χ1) is 17.1. The molecule has 2 unspecified atom stereocenters. The van der Waals surface area contributed by atoms with E-state index >= 15 is 0 Å². The van der Waals surface area contributed by atoms with Gasteiger partial charge in [0.15, 0.2) is 5.84 Å². The average Bonchev–Trinajstić information content (AvgIpc) is 3.40. The summed E-state index contributed by atoms with van der Waals surface area (Å²) < 4.78 is 1.54. The third-order valence-corrected chi connectivity index (χ3v) is 6.62. The van der Waals surface area contributed by atoms with Crippen LogP contribution in [0.25, 0.3) is 5.69 Å². The number of para-hydroxylation sites is 2. The number of rotatable bonds is 4. The van der Waals surface area contributed by atoms with Crippen molar-refractivity contribution in [3.63, 3.8) is 0 Å². The van der Waals surface area contributed by atoms with Gasteiger partial charge in [-0.1, -0.05) is 66.7 Å². The normalized spacial score (nSPS) is 19.3. The number of nitrogens with zero attached hydrogens (tertiary/aromatic N) is 4. The molecular weight excluding hydrogens is 438 g/mol. The van der Waals surface area contributed by atoms with E-state index in [1.54, 1.807) is 0 Å². The second-order valence-electron chi connectivity index (χ2n) is 8.79. The van der Waals surface area contributed by atoms with Crippen LogP contribution in [0.3, 0.4) is 0 Å². The number of anilines is 1. The van der Waals surface area contributed by atoms with Crippen molar-refractivity contribution in [3.05, 3.63) is 118 Å². The predicted octanol–water partition coefficient (Wildman–Crippen LogP) is 4.43. The van der Waals surface area contributed by atoms with E-state index in [2.05, 4.69) is 10.2 Å². The summed E-state index contributed by atoms with van der Waals surface area (Å²) in [6, 6.07) is 28.8.